The molecule has 1 N–H and O–H groups in total. The Morgan fingerprint density at radius 3 is 2.52 bits per heavy atom. The van der Waals surface area contributed by atoms with Gasteiger partial charge < -0.3 is 10.2 Å². The zero-order chi connectivity index (χ0) is 19.2. The van der Waals surface area contributed by atoms with Gasteiger partial charge in [0.15, 0.2) is 0 Å². The molecule has 2 aromatic carbocycles. The highest BCUT2D eigenvalue weighted by atomic mass is 35.5. The number of nitrogens with one attached hydrogen (secondary N) is 1. The lowest BCUT2D eigenvalue weighted by atomic mass is 10.1. The van der Waals surface area contributed by atoms with E-state index in [-0.39, 0.29) is 0 Å². The van der Waals surface area contributed by atoms with Crippen molar-refractivity contribution in [1.29, 1.82) is 0 Å². The summed E-state index contributed by atoms with van der Waals surface area (Å²) in [6.45, 7) is 10.2. The van der Waals surface area contributed by atoms with E-state index in [0.29, 0.717) is 6.04 Å². The fraction of sp³-hybridized carbons (Fsp3) is 0.435. The molecule has 144 valence electrons. The van der Waals surface area contributed by atoms with Gasteiger partial charge in [0.05, 0.1) is 16.7 Å². The maximum Gasteiger partial charge on any atom is 0.0745 e. The van der Waals surface area contributed by atoms with E-state index in [9.17, 15) is 0 Å². The smallest absolute Gasteiger partial charge is 0.0745 e. The Labute approximate surface area is 167 Å². The monoisotopic (exact) mass is 383 g/mol. The third kappa shape index (κ3) is 4.91. The van der Waals surface area contributed by atoms with E-state index in [2.05, 4.69) is 55.3 Å². The molecule has 1 unspecified atom stereocenters. The quantitative estimate of drug-likeness (QED) is 0.344. The first-order valence-electron chi connectivity index (χ1n) is 10.1. The van der Waals surface area contributed by atoms with Crippen molar-refractivity contribution in [3.63, 3.8) is 0 Å². The summed E-state index contributed by atoms with van der Waals surface area (Å²) in [4.78, 5) is 7.28. The Kier molecular flexibility index (Phi) is 6.92. The van der Waals surface area contributed by atoms with Crippen LogP contribution in [0, 0.1) is 0 Å². The summed E-state index contributed by atoms with van der Waals surface area (Å²) in [7, 11) is 0. The van der Waals surface area contributed by atoms with Crippen molar-refractivity contribution >= 4 is 39.1 Å². The van der Waals surface area contributed by atoms with E-state index in [0.717, 1.165) is 41.0 Å². The van der Waals surface area contributed by atoms with Gasteiger partial charge >= 0.3 is 0 Å². The number of aromatic nitrogens is 1. The number of para-hydroxylation sites is 1. The molecule has 0 saturated carbocycles. The fourth-order valence-electron chi connectivity index (χ4n) is 3.67. The van der Waals surface area contributed by atoms with Crippen molar-refractivity contribution in [3.05, 3.63) is 47.5 Å². The molecule has 0 aliphatic heterocycles. The van der Waals surface area contributed by atoms with E-state index >= 15 is 0 Å². The number of unbranched alkanes of at least 4 members (excludes halogenated alkanes) is 1. The van der Waals surface area contributed by atoms with Gasteiger partial charge in [-0.15, -0.1) is 0 Å². The summed E-state index contributed by atoms with van der Waals surface area (Å²) in [5, 5.41) is 6.79. The molecule has 0 fully saturated rings. The highest BCUT2D eigenvalue weighted by molar-refractivity contribution is 6.31. The summed E-state index contributed by atoms with van der Waals surface area (Å²) in [6, 6.07) is 14.7. The fourth-order valence-corrected chi connectivity index (χ4v) is 3.83. The van der Waals surface area contributed by atoms with Crippen molar-refractivity contribution in [2.24, 2.45) is 0 Å². The van der Waals surface area contributed by atoms with Gasteiger partial charge in [-0.3, -0.25) is 0 Å². The van der Waals surface area contributed by atoms with Crippen LogP contribution in [-0.2, 0) is 0 Å². The molecule has 27 heavy (non-hydrogen) atoms. The van der Waals surface area contributed by atoms with Crippen molar-refractivity contribution in [2.75, 3.05) is 25.0 Å². The predicted molar refractivity (Wildman–Crippen MR) is 119 cm³/mol. The number of hydrogen-bond acceptors (Lipinski definition) is 3. The second-order valence-electron chi connectivity index (χ2n) is 7.23. The Morgan fingerprint density at radius 1 is 1.00 bits per heavy atom. The van der Waals surface area contributed by atoms with Crippen molar-refractivity contribution in [1.82, 2.24) is 9.88 Å². The van der Waals surface area contributed by atoms with Crippen molar-refractivity contribution in [2.45, 2.75) is 46.1 Å². The molecule has 3 rings (SSSR count). The van der Waals surface area contributed by atoms with Crippen LogP contribution in [0.2, 0.25) is 5.02 Å². The van der Waals surface area contributed by atoms with Gasteiger partial charge in [0.2, 0.25) is 0 Å². The topological polar surface area (TPSA) is 28.2 Å². The number of anilines is 1. The molecule has 0 aliphatic rings. The van der Waals surface area contributed by atoms with Crippen LogP contribution >= 0.6 is 11.6 Å². The first-order valence-corrected chi connectivity index (χ1v) is 10.5. The minimum atomic E-state index is 0.409. The number of fused-ring (bicyclic) bond motifs is 2. The second-order valence-corrected chi connectivity index (χ2v) is 7.67. The number of benzene rings is 2. The van der Waals surface area contributed by atoms with Gasteiger partial charge in [-0.1, -0.05) is 50.1 Å². The molecule has 1 heterocycles. The minimum Gasteiger partial charge on any atom is -0.381 e. The zero-order valence-corrected chi connectivity index (χ0v) is 17.4. The molecule has 3 nitrogen and oxygen atoms in total. The third-order valence-electron chi connectivity index (χ3n) is 5.29. The zero-order valence-electron chi connectivity index (χ0n) is 16.6. The number of halogens is 1. The molecule has 1 aromatic heterocycles. The maximum atomic E-state index is 6.20. The second kappa shape index (κ2) is 9.38. The summed E-state index contributed by atoms with van der Waals surface area (Å²) in [5.41, 5.74) is 3.12. The molecule has 3 aromatic rings. The molecule has 0 bridgehead atoms. The van der Waals surface area contributed by atoms with Crippen LogP contribution in [0.3, 0.4) is 0 Å². The van der Waals surface area contributed by atoms with Gasteiger partial charge in [-0.25, -0.2) is 4.98 Å². The van der Waals surface area contributed by atoms with E-state index < -0.39 is 0 Å². The molecule has 0 radical (unpaired) electrons. The Balaban J connectivity index is 1.76. The van der Waals surface area contributed by atoms with E-state index in [4.69, 9.17) is 16.6 Å². The SMILES string of the molecule is CCN(CC)CCCCC(C)Nc1c2ccccc2nc2cc(Cl)ccc12. The van der Waals surface area contributed by atoms with Gasteiger partial charge in [0.25, 0.3) is 0 Å². The molecular formula is C23H30ClN3. The molecular weight excluding hydrogens is 354 g/mol. The standard InChI is InChI=1S/C23H30ClN3/c1-4-27(5-2)15-9-8-10-17(3)25-23-19-11-6-7-12-21(19)26-22-16-18(24)13-14-20(22)23/h6-7,11-14,16-17H,4-5,8-10,15H2,1-3H3,(H,25,26). The lowest BCUT2D eigenvalue weighted by Gasteiger charge is -2.20. The largest absolute Gasteiger partial charge is 0.381 e. The third-order valence-corrected chi connectivity index (χ3v) is 5.53. The highest BCUT2D eigenvalue weighted by Gasteiger charge is 2.12. The number of hydrogen-bond donors (Lipinski definition) is 1. The Morgan fingerprint density at radius 2 is 1.74 bits per heavy atom. The summed E-state index contributed by atoms with van der Waals surface area (Å²) in [6.07, 6.45) is 3.64. The lowest BCUT2D eigenvalue weighted by Crippen LogP contribution is -2.24. The van der Waals surface area contributed by atoms with Crippen LogP contribution in [0.5, 0.6) is 0 Å². The van der Waals surface area contributed by atoms with E-state index in [1.54, 1.807) is 0 Å². The van der Waals surface area contributed by atoms with Crippen LogP contribution in [0.15, 0.2) is 42.5 Å². The van der Waals surface area contributed by atoms with Gasteiger partial charge in [-0.05, 0) is 63.7 Å². The predicted octanol–water partition coefficient (Wildman–Crippen LogP) is 6.35. The lowest BCUT2D eigenvalue weighted by molar-refractivity contribution is 0.295. The highest BCUT2D eigenvalue weighted by Crippen LogP contribution is 2.32. The molecule has 0 amide bonds. The van der Waals surface area contributed by atoms with Crippen LogP contribution in [0.4, 0.5) is 5.69 Å². The molecule has 0 spiro atoms. The normalized spacial score (nSPS) is 12.8. The first kappa shape index (κ1) is 19.9. The summed E-state index contributed by atoms with van der Waals surface area (Å²) >= 11 is 6.20. The van der Waals surface area contributed by atoms with Crippen LogP contribution in [0.25, 0.3) is 21.8 Å². The minimum absolute atomic E-state index is 0.409. The van der Waals surface area contributed by atoms with Crippen molar-refractivity contribution in [3.8, 4) is 0 Å². The average molecular weight is 384 g/mol. The van der Waals surface area contributed by atoms with Gasteiger partial charge in [0.1, 0.15) is 0 Å². The Hall–Kier alpha value is -1.84. The first-order chi connectivity index (χ1) is 13.1. The maximum absolute atomic E-state index is 6.20. The van der Waals surface area contributed by atoms with Crippen molar-refractivity contribution < 1.29 is 0 Å². The average Bonchev–Trinajstić information content (AvgIpc) is 2.67. The molecule has 0 saturated heterocycles. The van der Waals surface area contributed by atoms with Gasteiger partial charge in [-0.2, -0.15) is 0 Å². The summed E-state index contributed by atoms with van der Waals surface area (Å²) in [5.74, 6) is 0. The number of pyridine rings is 1. The number of nitrogens with zero attached hydrogens (tertiary/aromatic N) is 2. The van der Waals surface area contributed by atoms with E-state index in [1.807, 2.05) is 18.2 Å². The molecule has 1 atom stereocenters. The number of rotatable bonds is 9. The van der Waals surface area contributed by atoms with Gasteiger partial charge in [0, 0.05) is 21.8 Å². The summed E-state index contributed by atoms with van der Waals surface area (Å²) < 4.78 is 0. The van der Waals surface area contributed by atoms with Crippen LogP contribution < -0.4 is 5.32 Å². The molecule has 4 heteroatoms. The Bertz CT molecular complexity index is 889. The van der Waals surface area contributed by atoms with E-state index in [1.165, 1.54) is 30.5 Å². The van der Waals surface area contributed by atoms with Crippen LogP contribution in [0.1, 0.15) is 40.0 Å². The molecule has 0 aliphatic carbocycles. The van der Waals surface area contributed by atoms with Crippen LogP contribution in [-0.4, -0.2) is 35.6 Å².